The SMILES string of the molecule is CCN1CCCCC1c1nc(C(C)O)no1. The van der Waals surface area contributed by atoms with Gasteiger partial charge in [0, 0.05) is 0 Å². The third-order valence-electron chi connectivity index (χ3n) is 3.14. The van der Waals surface area contributed by atoms with Crippen LogP contribution in [0.15, 0.2) is 4.52 Å². The van der Waals surface area contributed by atoms with E-state index in [-0.39, 0.29) is 6.04 Å². The van der Waals surface area contributed by atoms with Gasteiger partial charge in [-0.1, -0.05) is 18.5 Å². The topological polar surface area (TPSA) is 62.4 Å². The minimum absolute atomic E-state index is 0.235. The van der Waals surface area contributed by atoms with E-state index in [9.17, 15) is 5.11 Å². The van der Waals surface area contributed by atoms with Crippen molar-refractivity contribution in [2.24, 2.45) is 0 Å². The molecule has 1 aromatic rings. The normalized spacial score (nSPS) is 24.6. The van der Waals surface area contributed by atoms with Crippen LogP contribution in [0.2, 0.25) is 0 Å². The largest absolute Gasteiger partial charge is 0.385 e. The third kappa shape index (κ3) is 2.25. The summed E-state index contributed by atoms with van der Waals surface area (Å²) in [6.07, 6.45) is 2.85. The van der Waals surface area contributed by atoms with Crippen molar-refractivity contribution in [1.29, 1.82) is 0 Å². The number of hydrogen-bond acceptors (Lipinski definition) is 5. The molecule has 2 heterocycles. The summed E-state index contributed by atoms with van der Waals surface area (Å²) in [6, 6.07) is 0.235. The first-order chi connectivity index (χ1) is 7.72. The number of piperidine rings is 1. The van der Waals surface area contributed by atoms with E-state index in [2.05, 4.69) is 22.0 Å². The second kappa shape index (κ2) is 4.93. The van der Waals surface area contributed by atoms with Crippen LogP contribution in [-0.2, 0) is 0 Å². The van der Waals surface area contributed by atoms with Crippen molar-refractivity contribution in [3.05, 3.63) is 11.7 Å². The first-order valence-electron chi connectivity index (χ1n) is 5.98. The molecule has 5 heteroatoms. The number of likely N-dealkylation sites (tertiary alicyclic amines) is 1. The summed E-state index contributed by atoms with van der Waals surface area (Å²) in [4.78, 5) is 6.61. The van der Waals surface area contributed by atoms with E-state index in [1.54, 1.807) is 6.92 Å². The number of aliphatic hydroxyl groups is 1. The zero-order valence-electron chi connectivity index (χ0n) is 9.89. The Morgan fingerprint density at radius 1 is 1.56 bits per heavy atom. The quantitative estimate of drug-likeness (QED) is 0.847. The molecule has 5 nitrogen and oxygen atoms in total. The van der Waals surface area contributed by atoms with Gasteiger partial charge in [0.25, 0.3) is 0 Å². The molecular weight excluding hydrogens is 206 g/mol. The standard InChI is InChI=1S/C11H19N3O2/c1-3-14-7-5-4-6-9(14)11-12-10(8(2)15)13-16-11/h8-9,15H,3-7H2,1-2H3. The molecule has 2 unspecified atom stereocenters. The lowest BCUT2D eigenvalue weighted by molar-refractivity contribution is 0.125. The maximum Gasteiger partial charge on any atom is 0.244 e. The molecule has 0 amide bonds. The van der Waals surface area contributed by atoms with Crippen LogP contribution in [0.1, 0.15) is 57.0 Å². The second-order valence-electron chi connectivity index (χ2n) is 4.31. The molecule has 1 fully saturated rings. The molecule has 90 valence electrons. The van der Waals surface area contributed by atoms with Gasteiger partial charge in [-0.25, -0.2) is 0 Å². The molecule has 0 radical (unpaired) electrons. The fourth-order valence-corrected chi connectivity index (χ4v) is 2.20. The molecule has 1 saturated heterocycles. The highest BCUT2D eigenvalue weighted by Gasteiger charge is 2.27. The van der Waals surface area contributed by atoms with E-state index in [0.29, 0.717) is 11.7 Å². The number of aromatic nitrogens is 2. The summed E-state index contributed by atoms with van der Waals surface area (Å²) >= 11 is 0. The van der Waals surface area contributed by atoms with Crippen LogP contribution in [0.25, 0.3) is 0 Å². The Balaban J connectivity index is 2.14. The molecule has 0 aromatic carbocycles. The van der Waals surface area contributed by atoms with Crippen LogP contribution < -0.4 is 0 Å². The zero-order valence-corrected chi connectivity index (χ0v) is 9.89. The van der Waals surface area contributed by atoms with Gasteiger partial charge in [-0.3, -0.25) is 4.90 Å². The monoisotopic (exact) mass is 225 g/mol. The predicted octanol–water partition coefficient (Wildman–Crippen LogP) is 1.67. The zero-order chi connectivity index (χ0) is 11.5. The van der Waals surface area contributed by atoms with Crippen molar-refractivity contribution in [2.75, 3.05) is 13.1 Å². The molecule has 1 N–H and O–H groups in total. The summed E-state index contributed by atoms with van der Waals surface area (Å²) in [5, 5.41) is 13.2. The Morgan fingerprint density at radius 2 is 2.38 bits per heavy atom. The highest BCUT2D eigenvalue weighted by atomic mass is 16.5. The minimum atomic E-state index is -0.656. The summed E-state index contributed by atoms with van der Waals surface area (Å²) < 4.78 is 5.23. The Morgan fingerprint density at radius 3 is 3.00 bits per heavy atom. The summed E-state index contributed by atoms with van der Waals surface area (Å²) in [5.74, 6) is 1.04. The van der Waals surface area contributed by atoms with E-state index in [0.717, 1.165) is 19.5 Å². The molecular formula is C11H19N3O2. The van der Waals surface area contributed by atoms with Crippen LogP contribution >= 0.6 is 0 Å². The molecule has 2 rings (SSSR count). The first-order valence-corrected chi connectivity index (χ1v) is 5.98. The third-order valence-corrected chi connectivity index (χ3v) is 3.14. The van der Waals surface area contributed by atoms with Crippen LogP contribution in [0.4, 0.5) is 0 Å². The number of aliphatic hydroxyl groups excluding tert-OH is 1. The molecule has 2 atom stereocenters. The van der Waals surface area contributed by atoms with Gasteiger partial charge in [-0.05, 0) is 32.9 Å². The number of hydrogen-bond donors (Lipinski definition) is 1. The Bertz CT molecular complexity index is 338. The van der Waals surface area contributed by atoms with Crippen molar-refractivity contribution < 1.29 is 9.63 Å². The fourth-order valence-electron chi connectivity index (χ4n) is 2.20. The van der Waals surface area contributed by atoms with Crippen LogP contribution in [0.5, 0.6) is 0 Å². The van der Waals surface area contributed by atoms with Crippen molar-refractivity contribution in [1.82, 2.24) is 15.0 Å². The van der Waals surface area contributed by atoms with Gasteiger partial charge in [0.2, 0.25) is 5.89 Å². The summed E-state index contributed by atoms with van der Waals surface area (Å²) in [7, 11) is 0. The molecule has 1 aromatic heterocycles. The molecule has 16 heavy (non-hydrogen) atoms. The second-order valence-corrected chi connectivity index (χ2v) is 4.31. The van der Waals surface area contributed by atoms with E-state index in [1.807, 2.05) is 0 Å². The predicted molar refractivity (Wildman–Crippen MR) is 58.8 cm³/mol. The number of nitrogens with zero attached hydrogens (tertiary/aromatic N) is 3. The minimum Gasteiger partial charge on any atom is -0.385 e. The highest BCUT2D eigenvalue weighted by molar-refractivity contribution is 4.96. The number of rotatable bonds is 3. The van der Waals surface area contributed by atoms with Crippen molar-refractivity contribution in [3.8, 4) is 0 Å². The van der Waals surface area contributed by atoms with Gasteiger partial charge >= 0.3 is 0 Å². The van der Waals surface area contributed by atoms with E-state index < -0.39 is 6.10 Å². The van der Waals surface area contributed by atoms with E-state index in [1.165, 1.54) is 12.8 Å². The van der Waals surface area contributed by atoms with E-state index >= 15 is 0 Å². The summed E-state index contributed by atoms with van der Waals surface area (Å²) in [5.41, 5.74) is 0. The average Bonchev–Trinajstić information content (AvgIpc) is 2.78. The van der Waals surface area contributed by atoms with Gasteiger partial charge in [0.15, 0.2) is 5.82 Å². The maximum atomic E-state index is 9.36. The van der Waals surface area contributed by atoms with Gasteiger partial charge in [0.1, 0.15) is 6.10 Å². The molecule has 0 bridgehead atoms. The van der Waals surface area contributed by atoms with Crippen LogP contribution in [-0.4, -0.2) is 33.2 Å². The lowest BCUT2D eigenvalue weighted by Crippen LogP contribution is -2.33. The molecule has 1 aliphatic heterocycles. The lowest BCUT2D eigenvalue weighted by atomic mass is 10.0. The van der Waals surface area contributed by atoms with Crippen LogP contribution in [0, 0.1) is 0 Å². The van der Waals surface area contributed by atoms with Crippen molar-refractivity contribution in [3.63, 3.8) is 0 Å². The van der Waals surface area contributed by atoms with Crippen molar-refractivity contribution in [2.45, 2.75) is 45.3 Å². The maximum absolute atomic E-state index is 9.36. The van der Waals surface area contributed by atoms with Gasteiger partial charge in [0.05, 0.1) is 6.04 Å². The van der Waals surface area contributed by atoms with Crippen LogP contribution in [0.3, 0.4) is 0 Å². The molecule has 0 spiro atoms. The van der Waals surface area contributed by atoms with Gasteiger partial charge in [-0.15, -0.1) is 0 Å². The van der Waals surface area contributed by atoms with Gasteiger partial charge < -0.3 is 9.63 Å². The fraction of sp³-hybridized carbons (Fsp3) is 0.818. The Kier molecular flexibility index (Phi) is 3.56. The average molecular weight is 225 g/mol. The molecule has 0 aliphatic carbocycles. The molecule has 0 saturated carbocycles. The van der Waals surface area contributed by atoms with E-state index in [4.69, 9.17) is 4.52 Å². The highest BCUT2D eigenvalue weighted by Crippen LogP contribution is 2.29. The lowest BCUT2D eigenvalue weighted by Gasteiger charge is -2.32. The Labute approximate surface area is 95.4 Å². The summed E-state index contributed by atoms with van der Waals surface area (Å²) in [6.45, 7) is 5.88. The van der Waals surface area contributed by atoms with Crippen molar-refractivity contribution >= 4 is 0 Å². The smallest absolute Gasteiger partial charge is 0.244 e. The van der Waals surface area contributed by atoms with Gasteiger partial charge in [-0.2, -0.15) is 4.98 Å². The Hall–Kier alpha value is -0.940. The molecule has 1 aliphatic rings. The first kappa shape index (κ1) is 11.5.